The molecule has 0 saturated heterocycles. The van der Waals surface area contributed by atoms with Gasteiger partial charge in [-0.15, -0.1) is 0 Å². The highest BCUT2D eigenvalue weighted by Gasteiger charge is 2.42. The molecule has 2 saturated carbocycles. The standard InChI is InChI=1S/C16H28N2O3/c1-9(2)15(16(20)21)17-8-14(19)18-10(3)13-7-11-4-5-12(13)6-11/h9-13,15,17H,4-8H2,1-3H3,(H,18,19)(H,20,21). The van der Waals surface area contributed by atoms with Gasteiger partial charge < -0.3 is 10.4 Å². The molecule has 2 aliphatic rings. The molecule has 5 unspecified atom stereocenters. The minimum absolute atomic E-state index is 0.0432. The van der Waals surface area contributed by atoms with Gasteiger partial charge in [0, 0.05) is 6.04 Å². The number of rotatable bonds is 7. The van der Waals surface area contributed by atoms with Crippen LogP contribution in [0.1, 0.15) is 46.5 Å². The Bertz CT molecular complexity index is 397. The molecular weight excluding hydrogens is 268 g/mol. The number of carboxylic acid groups (broad SMARTS) is 1. The predicted molar refractivity (Wildman–Crippen MR) is 80.8 cm³/mol. The van der Waals surface area contributed by atoms with E-state index in [1.807, 2.05) is 13.8 Å². The molecule has 2 bridgehead atoms. The van der Waals surface area contributed by atoms with Gasteiger partial charge in [-0.2, -0.15) is 0 Å². The molecule has 0 aromatic carbocycles. The molecule has 5 atom stereocenters. The van der Waals surface area contributed by atoms with Crippen molar-refractivity contribution in [2.75, 3.05) is 6.54 Å². The average Bonchev–Trinajstić information content (AvgIpc) is 3.00. The van der Waals surface area contributed by atoms with Crippen LogP contribution in [0.3, 0.4) is 0 Å². The number of carboxylic acids is 1. The van der Waals surface area contributed by atoms with Gasteiger partial charge in [-0.25, -0.2) is 0 Å². The largest absolute Gasteiger partial charge is 0.480 e. The zero-order chi connectivity index (χ0) is 15.6. The molecule has 1 amide bonds. The van der Waals surface area contributed by atoms with Crippen LogP contribution in [0.5, 0.6) is 0 Å². The first-order chi connectivity index (χ1) is 9.88. The fourth-order valence-corrected chi connectivity index (χ4v) is 4.13. The van der Waals surface area contributed by atoms with Gasteiger partial charge in [0.05, 0.1) is 6.54 Å². The van der Waals surface area contributed by atoms with Crippen molar-refractivity contribution in [1.29, 1.82) is 0 Å². The van der Waals surface area contributed by atoms with Gasteiger partial charge in [0.1, 0.15) is 6.04 Å². The zero-order valence-electron chi connectivity index (χ0n) is 13.3. The van der Waals surface area contributed by atoms with Crippen LogP contribution in [0.15, 0.2) is 0 Å². The summed E-state index contributed by atoms with van der Waals surface area (Å²) in [5.41, 5.74) is 0. The fourth-order valence-electron chi connectivity index (χ4n) is 4.13. The molecule has 5 heteroatoms. The molecule has 2 aliphatic carbocycles. The lowest BCUT2D eigenvalue weighted by atomic mass is 9.84. The number of amides is 1. The lowest BCUT2D eigenvalue weighted by molar-refractivity contribution is -0.140. The van der Waals surface area contributed by atoms with Crippen molar-refractivity contribution >= 4 is 11.9 Å². The number of hydrogen-bond acceptors (Lipinski definition) is 3. The second-order valence-electron chi connectivity index (χ2n) is 7.14. The molecule has 2 rings (SSSR count). The number of aliphatic carboxylic acids is 1. The topological polar surface area (TPSA) is 78.4 Å². The van der Waals surface area contributed by atoms with Gasteiger partial charge in [0.15, 0.2) is 0 Å². The maximum atomic E-state index is 12.0. The molecule has 3 N–H and O–H groups in total. The van der Waals surface area contributed by atoms with E-state index in [1.165, 1.54) is 25.7 Å². The third-order valence-electron chi connectivity index (χ3n) is 5.24. The van der Waals surface area contributed by atoms with E-state index in [0.717, 1.165) is 11.8 Å². The Morgan fingerprint density at radius 3 is 2.38 bits per heavy atom. The SMILES string of the molecule is CC(C)C(NCC(=O)NC(C)C1CC2CCC1C2)C(=O)O. The lowest BCUT2D eigenvalue weighted by Crippen LogP contribution is -2.48. The van der Waals surface area contributed by atoms with Gasteiger partial charge >= 0.3 is 5.97 Å². The molecule has 0 aliphatic heterocycles. The summed E-state index contributed by atoms with van der Waals surface area (Å²) in [5, 5.41) is 15.0. The molecular formula is C16H28N2O3. The second-order valence-corrected chi connectivity index (χ2v) is 7.14. The van der Waals surface area contributed by atoms with E-state index in [2.05, 4.69) is 17.6 Å². The highest BCUT2D eigenvalue weighted by atomic mass is 16.4. The Labute approximate surface area is 126 Å². The Kier molecular flexibility index (Phi) is 5.25. The first-order valence-electron chi connectivity index (χ1n) is 8.14. The minimum Gasteiger partial charge on any atom is -0.480 e. The summed E-state index contributed by atoms with van der Waals surface area (Å²) in [6, 6.07) is -0.481. The van der Waals surface area contributed by atoms with Crippen LogP contribution in [0.25, 0.3) is 0 Å². The normalized spacial score (nSPS) is 30.4. The van der Waals surface area contributed by atoms with Crippen LogP contribution in [0.4, 0.5) is 0 Å². The smallest absolute Gasteiger partial charge is 0.320 e. The number of nitrogens with one attached hydrogen (secondary N) is 2. The van der Waals surface area contributed by atoms with Crippen LogP contribution in [-0.4, -0.2) is 35.6 Å². The van der Waals surface area contributed by atoms with Gasteiger partial charge in [0.25, 0.3) is 0 Å². The Morgan fingerprint density at radius 1 is 1.19 bits per heavy atom. The summed E-state index contributed by atoms with van der Waals surface area (Å²) in [6.45, 7) is 5.82. The van der Waals surface area contributed by atoms with E-state index >= 15 is 0 Å². The van der Waals surface area contributed by atoms with Crippen LogP contribution in [0.2, 0.25) is 0 Å². The summed E-state index contributed by atoms with van der Waals surface area (Å²) >= 11 is 0. The highest BCUT2D eigenvalue weighted by Crippen LogP contribution is 2.49. The van der Waals surface area contributed by atoms with Crippen molar-refractivity contribution in [1.82, 2.24) is 10.6 Å². The van der Waals surface area contributed by atoms with E-state index in [-0.39, 0.29) is 24.4 Å². The van der Waals surface area contributed by atoms with Crippen molar-refractivity contribution in [2.45, 2.75) is 58.5 Å². The van der Waals surface area contributed by atoms with E-state index in [4.69, 9.17) is 5.11 Å². The molecule has 0 aromatic rings. The second kappa shape index (κ2) is 6.77. The van der Waals surface area contributed by atoms with E-state index in [9.17, 15) is 9.59 Å². The van der Waals surface area contributed by atoms with Gasteiger partial charge in [0.2, 0.25) is 5.91 Å². The highest BCUT2D eigenvalue weighted by molar-refractivity contribution is 5.80. The summed E-state index contributed by atoms with van der Waals surface area (Å²) in [4.78, 5) is 23.1. The number of carbonyl (C=O) groups excluding carboxylic acids is 1. The minimum atomic E-state index is -0.904. The quantitative estimate of drug-likeness (QED) is 0.667. The monoisotopic (exact) mass is 296 g/mol. The van der Waals surface area contributed by atoms with Crippen molar-refractivity contribution in [3.8, 4) is 0 Å². The zero-order valence-corrected chi connectivity index (χ0v) is 13.3. The number of carbonyl (C=O) groups is 2. The van der Waals surface area contributed by atoms with Gasteiger partial charge in [-0.3, -0.25) is 14.9 Å². The van der Waals surface area contributed by atoms with Crippen LogP contribution < -0.4 is 10.6 Å². The fraction of sp³-hybridized carbons (Fsp3) is 0.875. The number of fused-ring (bicyclic) bond motifs is 2. The predicted octanol–water partition coefficient (Wildman–Crippen LogP) is 1.63. The maximum absolute atomic E-state index is 12.0. The molecule has 0 spiro atoms. The van der Waals surface area contributed by atoms with Crippen molar-refractivity contribution in [2.24, 2.45) is 23.7 Å². The first kappa shape index (κ1) is 16.3. The Morgan fingerprint density at radius 2 is 1.90 bits per heavy atom. The van der Waals surface area contributed by atoms with Gasteiger partial charge in [-0.05, 0) is 49.9 Å². The maximum Gasteiger partial charge on any atom is 0.320 e. The lowest BCUT2D eigenvalue weighted by Gasteiger charge is -2.28. The molecule has 120 valence electrons. The molecule has 21 heavy (non-hydrogen) atoms. The van der Waals surface area contributed by atoms with Crippen LogP contribution in [-0.2, 0) is 9.59 Å². The van der Waals surface area contributed by atoms with Crippen molar-refractivity contribution in [3.05, 3.63) is 0 Å². The third kappa shape index (κ3) is 3.96. The average molecular weight is 296 g/mol. The molecule has 0 aromatic heterocycles. The molecule has 0 radical (unpaired) electrons. The summed E-state index contributed by atoms with van der Waals surface area (Å²) in [6.07, 6.45) is 5.24. The van der Waals surface area contributed by atoms with E-state index < -0.39 is 12.0 Å². The van der Waals surface area contributed by atoms with E-state index in [0.29, 0.717) is 5.92 Å². The summed E-state index contributed by atoms with van der Waals surface area (Å²) < 4.78 is 0. The van der Waals surface area contributed by atoms with Crippen molar-refractivity contribution in [3.63, 3.8) is 0 Å². The van der Waals surface area contributed by atoms with E-state index in [1.54, 1.807) is 0 Å². The molecule has 5 nitrogen and oxygen atoms in total. The molecule has 0 heterocycles. The van der Waals surface area contributed by atoms with Gasteiger partial charge in [-0.1, -0.05) is 20.3 Å². The Hall–Kier alpha value is -1.10. The van der Waals surface area contributed by atoms with Crippen LogP contribution >= 0.6 is 0 Å². The van der Waals surface area contributed by atoms with Crippen LogP contribution in [0, 0.1) is 23.7 Å². The summed E-state index contributed by atoms with van der Waals surface area (Å²) in [7, 11) is 0. The Balaban J connectivity index is 1.75. The first-order valence-corrected chi connectivity index (χ1v) is 8.14. The third-order valence-corrected chi connectivity index (χ3v) is 5.24. The number of hydrogen-bond donors (Lipinski definition) is 3. The molecule has 2 fully saturated rings. The summed E-state index contributed by atoms with van der Waals surface area (Å²) in [5.74, 6) is 1.21. The van der Waals surface area contributed by atoms with Crippen molar-refractivity contribution < 1.29 is 14.7 Å².